The highest BCUT2D eigenvalue weighted by Gasteiger charge is 2.26. The Morgan fingerprint density at radius 2 is 2.00 bits per heavy atom. The largest absolute Gasteiger partial charge is 0.467 e. The number of hydrogen-bond acceptors (Lipinski definition) is 4. The normalized spacial score (nSPS) is 12.2. The summed E-state index contributed by atoms with van der Waals surface area (Å²) in [6.07, 6.45) is 7.09. The second kappa shape index (κ2) is 9.15. The van der Waals surface area contributed by atoms with Crippen LogP contribution < -0.4 is 5.32 Å². The summed E-state index contributed by atoms with van der Waals surface area (Å²) in [6, 6.07) is -0.681. The molecule has 0 spiro atoms. The topological polar surface area (TPSA) is 84.1 Å². The lowest BCUT2D eigenvalue weighted by Crippen LogP contribution is -2.45. The molecule has 1 aromatic rings. The third-order valence-corrected chi connectivity index (χ3v) is 3.43. The molecule has 1 amide bonds. The van der Waals surface area contributed by atoms with Crippen LogP contribution in [0.1, 0.15) is 45.2 Å². The van der Waals surface area contributed by atoms with Gasteiger partial charge in [0.1, 0.15) is 6.04 Å². The zero-order valence-electron chi connectivity index (χ0n) is 13.0. The SMILES string of the molecule is CCCC(CCC)C(=O)NC(Cc1cnc[nH]1)C(=O)OC. The van der Waals surface area contributed by atoms with E-state index in [9.17, 15) is 9.59 Å². The predicted molar refractivity (Wildman–Crippen MR) is 79.5 cm³/mol. The number of amides is 1. The molecule has 0 saturated heterocycles. The predicted octanol–water partition coefficient (Wildman–Crippen LogP) is 1.83. The number of rotatable bonds is 9. The van der Waals surface area contributed by atoms with E-state index >= 15 is 0 Å². The molecule has 1 unspecified atom stereocenters. The second-order valence-corrected chi connectivity index (χ2v) is 5.14. The summed E-state index contributed by atoms with van der Waals surface area (Å²) >= 11 is 0. The number of carbonyl (C=O) groups is 2. The van der Waals surface area contributed by atoms with Crippen LogP contribution in [0.3, 0.4) is 0 Å². The highest BCUT2D eigenvalue weighted by atomic mass is 16.5. The number of ether oxygens (including phenoxy) is 1. The van der Waals surface area contributed by atoms with Crippen molar-refractivity contribution in [2.24, 2.45) is 5.92 Å². The minimum atomic E-state index is -0.681. The summed E-state index contributed by atoms with van der Waals surface area (Å²) in [6.45, 7) is 4.11. The third kappa shape index (κ3) is 5.57. The number of H-pyrrole nitrogens is 1. The molecule has 21 heavy (non-hydrogen) atoms. The Morgan fingerprint density at radius 1 is 1.33 bits per heavy atom. The minimum absolute atomic E-state index is 0.0473. The molecule has 0 saturated carbocycles. The average Bonchev–Trinajstić information content (AvgIpc) is 2.98. The van der Waals surface area contributed by atoms with Gasteiger partial charge in [0, 0.05) is 24.2 Å². The van der Waals surface area contributed by atoms with Crippen LogP contribution in [0.5, 0.6) is 0 Å². The molecule has 6 nitrogen and oxygen atoms in total. The smallest absolute Gasteiger partial charge is 0.328 e. The maximum Gasteiger partial charge on any atom is 0.328 e. The average molecular weight is 295 g/mol. The van der Waals surface area contributed by atoms with Crippen LogP contribution in [0.25, 0.3) is 0 Å². The van der Waals surface area contributed by atoms with Crippen LogP contribution in [-0.2, 0) is 20.7 Å². The van der Waals surface area contributed by atoms with E-state index in [0.717, 1.165) is 31.4 Å². The van der Waals surface area contributed by atoms with Crippen molar-refractivity contribution in [2.75, 3.05) is 7.11 Å². The minimum Gasteiger partial charge on any atom is -0.467 e. The molecule has 1 rings (SSSR count). The highest BCUT2D eigenvalue weighted by Crippen LogP contribution is 2.14. The van der Waals surface area contributed by atoms with Crippen molar-refractivity contribution < 1.29 is 14.3 Å². The van der Waals surface area contributed by atoms with E-state index in [1.54, 1.807) is 12.5 Å². The van der Waals surface area contributed by atoms with Gasteiger partial charge in [-0.1, -0.05) is 26.7 Å². The van der Waals surface area contributed by atoms with Crippen molar-refractivity contribution >= 4 is 11.9 Å². The molecule has 118 valence electrons. The van der Waals surface area contributed by atoms with Gasteiger partial charge >= 0.3 is 5.97 Å². The summed E-state index contributed by atoms with van der Waals surface area (Å²) < 4.78 is 4.77. The molecule has 1 aromatic heterocycles. The van der Waals surface area contributed by atoms with Gasteiger partial charge in [0.15, 0.2) is 0 Å². The van der Waals surface area contributed by atoms with Crippen molar-refractivity contribution in [1.29, 1.82) is 0 Å². The molecule has 0 aliphatic rings. The molecule has 2 N–H and O–H groups in total. The Bertz CT molecular complexity index is 425. The molecule has 1 heterocycles. The van der Waals surface area contributed by atoms with Gasteiger partial charge in [-0.2, -0.15) is 0 Å². The molecule has 0 aliphatic carbocycles. The van der Waals surface area contributed by atoms with Gasteiger partial charge in [-0.05, 0) is 12.8 Å². The van der Waals surface area contributed by atoms with Gasteiger partial charge in [0.25, 0.3) is 0 Å². The summed E-state index contributed by atoms with van der Waals surface area (Å²) in [5, 5.41) is 2.81. The maximum absolute atomic E-state index is 12.3. The first kappa shape index (κ1) is 17.2. The van der Waals surface area contributed by atoms with E-state index in [0.29, 0.717) is 6.42 Å². The fourth-order valence-electron chi connectivity index (χ4n) is 2.34. The van der Waals surface area contributed by atoms with E-state index in [1.807, 2.05) is 0 Å². The molecule has 0 aromatic carbocycles. The number of nitrogens with zero attached hydrogens (tertiary/aromatic N) is 1. The van der Waals surface area contributed by atoms with Crippen LogP contribution in [0.2, 0.25) is 0 Å². The fraction of sp³-hybridized carbons (Fsp3) is 0.667. The number of imidazole rings is 1. The van der Waals surface area contributed by atoms with E-state index in [1.165, 1.54) is 7.11 Å². The lowest BCUT2D eigenvalue weighted by molar-refractivity contribution is -0.145. The monoisotopic (exact) mass is 295 g/mol. The number of hydrogen-bond donors (Lipinski definition) is 2. The summed E-state index contributed by atoms with van der Waals surface area (Å²) in [5.74, 6) is -0.563. The maximum atomic E-state index is 12.3. The van der Waals surface area contributed by atoms with Crippen LogP contribution in [0.15, 0.2) is 12.5 Å². The quantitative estimate of drug-likeness (QED) is 0.681. The number of carbonyl (C=O) groups excluding carboxylic acids is 2. The van der Waals surface area contributed by atoms with Crippen LogP contribution in [-0.4, -0.2) is 35.0 Å². The summed E-state index contributed by atoms with van der Waals surface area (Å²) in [5.41, 5.74) is 0.785. The number of nitrogens with one attached hydrogen (secondary N) is 2. The Morgan fingerprint density at radius 3 is 2.48 bits per heavy atom. The fourth-order valence-corrected chi connectivity index (χ4v) is 2.34. The van der Waals surface area contributed by atoms with Crippen LogP contribution >= 0.6 is 0 Å². The Kier molecular flexibility index (Phi) is 7.50. The Balaban J connectivity index is 2.70. The third-order valence-electron chi connectivity index (χ3n) is 3.43. The second-order valence-electron chi connectivity index (χ2n) is 5.14. The van der Waals surface area contributed by atoms with E-state index in [-0.39, 0.29) is 11.8 Å². The molecule has 1 atom stereocenters. The van der Waals surface area contributed by atoms with Crippen molar-refractivity contribution in [3.63, 3.8) is 0 Å². The molecular weight excluding hydrogens is 270 g/mol. The number of aromatic amines is 1. The van der Waals surface area contributed by atoms with Crippen molar-refractivity contribution in [3.05, 3.63) is 18.2 Å². The van der Waals surface area contributed by atoms with E-state index < -0.39 is 12.0 Å². The Labute approximate surface area is 125 Å². The summed E-state index contributed by atoms with van der Waals surface area (Å²) in [4.78, 5) is 31.0. The van der Waals surface area contributed by atoms with Gasteiger partial charge in [-0.3, -0.25) is 4.79 Å². The first-order chi connectivity index (χ1) is 10.1. The van der Waals surface area contributed by atoms with Gasteiger partial charge in [0.2, 0.25) is 5.91 Å². The zero-order chi connectivity index (χ0) is 15.7. The lowest BCUT2D eigenvalue weighted by Gasteiger charge is -2.20. The van der Waals surface area contributed by atoms with Gasteiger partial charge in [-0.15, -0.1) is 0 Å². The first-order valence-electron chi connectivity index (χ1n) is 7.47. The lowest BCUT2D eigenvalue weighted by atomic mass is 9.96. The zero-order valence-corrected chi connectivity index (χ0v) is 13.0. The summed E-state index contributed by atoms with van der Waals surface area (Å²) in [7, 11) is 1.32. The van der Waals surface area contributed by atoms with Gasteiger partial charge < -0.3 is 15.0 Å². The number of methoxy groups -OCH3 is 1. The standard InChI is InChI=1S/C15H25N3O3/c1-4-6-11(7-5-2)14(19)18-13(15(20)21-3)8-12-9-16-10-17-12/h9-11,13H,4-8H2,1-3H3,(H,16,17)(H,18,19). The molecule has 0 bridgehead atoms. The Hall–Kier alpha value is -1.85. The van der Waals surface area contributed by atoms with Crippen LogP contribution in [0, 0.1) is 5.92 Å². The molecule has 6 heteroatoms. The highest BCUT2D eigenvalue weighted by molar-refractivity contribution is 5.85. The van der Waals surface area contributed by atoms with Crippen molar-refractivity contribution in [2.45, 2.75) is 52.0 Å². The van der Waals surface area contributed by atoms with E-state index in [2.05, 4.69) is 29.1 Å². The molecule has 0 aliphatic heterocycles. The first-order valence-corrected chi connectivity index (χ1v) is 7.47. The number of esters is 1. The van der Waals surface area contributed by atoms with Crippen molar-refractivity contribution in [3.8, 4) is 0 Å². The molecular formula is C15H25N3O3. The van der Waals surface area contributed by atoms with Crippen LogP contribution in [0.4, 0.5) is 0 Å². The van der Waals surface area contributed by atoms with Gasteiger partial charge in [0.05, 0.1) is 13.4 Å². The van der Waals surface area contributed by atoms with Gasteiger partial charge in [-0.25, -0.2) is 9.78 Å². The number of aromatic nitrogens is 2. The van der Waals surface area contributed by atoms with E-state index in [4.69, 9.17) is 4.74 Å². The molecule has 0 radical (unpaired) electrons. The van der Waals surface area contributed by atoms with Crippen molar-refractivity contribution in [1.82, 2.24) is 15.3 Å². The molecule has 0 fully saturated rings.